The third-order valence-electron chi connectivity index (χ3n) is 15.1. The summed E-state index contributed by atoms with van der Waals surface area (Å²) >= 11 is 0. The number of fused-ring (bicyclic) bond motifs is 6. The van der Waals surface area contributed by atoms with Gasteiger partial charge in [0.2, 0.25) is 0 Å². The Hall–Kier alpha value is -5.04. The standard InChI is InChI=1S/C30H34N2O3.C21H28O2.C2H4O2/c1-22-28-20-26(34)12-15-29(28)32(30(22)24-8-10-25(33)11-9-24)21-23-6-13-27(14-7-23)35-19-18-31-16-4-2-3-5-17-31;1-3-20-11-9-17-16-8-6-15(22)13-14(16)5-7-18(17)19(20)10-12-21(20,23)4-2;1-2(3)4/h6-15,20,33-34H,2-5,16-19,21H2,1H3;2,13,16-19,23H,3,5-12H2,1H3;1H3,(H,3,4)/t;16-,17+,18+,19-,20-,21-;/m.0./s1. The maximum Gasteiger partial charge on any atom is 0.300 e. The number of hydrogen-bond acceptors (Lipinski definition) is 7. The lowest BCUT2D eigenvalue weighted by Crippen LogP contribution is -2.53. The third-order valence-corrected chi connectivity index (χ3v) is 15.1. The van der Waals surface area contributed by atoms with Crippen LogP contribution in [0.25, 0.3) is 22.2 Å². The fourth-order valence-corrected chi connectivity index (χ4v) is 12.2. The van der Waals surface area contributed by atoms with Gasteiger partial charge in [0.15, 0.2) is 5.78 Å². The summed E-state index contributed by atoms with van der Waals surface area (Å²) in [5, 5.41) is 39.4. The van der Waals surface area contributed by atoms with Crippen LogP contribution < -0.4 is 4.74 Å². The number of aliphatic carboxylic acids is 1. The number of phenols is 2. The molecule has 4 N–H and O–H groups in total. The summed E-state index contributed by atoms with van der Waals surface area (Å²) in [6.45, 7) is 10.2. The van der Waals surface area contributed by atoms with Gasteiger partial charge in [0, 0.05) is 42.8 Å². The zero-order valence-corrected chi connectivity index (χ0v) is 37.0. The first kappa shape index (κ1) is 45.0. The molecule has 1 aromatic heterocycles. The summed E-state index contributed by atoms with van der Waals surface area (Å²) in [5.41, 5.74) is 5.95. The van der Waals surface area contributed by atoms with Crippen LogP contribution in [0.2, 0.25) is 0 Å². The minimum absolute atomic E-state index is 0.0609. The molecular formula is C53H66N2O7. The second kappa shape index (κ2) is 19.6. The van der Waals surface area contributed by atoms with Crippen molar-refractivity contribution in [2.75, 3.05) is 26.2 Å². The molecule has 4 aromatic rings. The highest BCUT2D eigenvalue weighted by Gasteiger charge is 2.63. The molecule has 9 heteroatoms. The number of aromatic hydroxyl groups is 2. The van der Waals surface area contributed by atoms with Crippen molar-refractivity contribution in [1.29, 1.82) is 0 Å². The molecule has 9 rings (SSSR count). The van der Waals surface area contributed by atoms with E-state index >= 15 is 0 Å². The number of aryl methyl sites for hydroxylation is 1. The van der Waals surface area contributed by atoms with E-state index in [-0.39, 0.29) is 16.9 Å². The van der Waals surface area contributed by atoms with Gasteiger partial charge in [0.05, 0.1) is 5.69 Å². The number of aliphatic hydroxyl groups is 1. The number of hydrogen-bond donors (Lipinski definition) is 4. The number of benzene rings is 3. The highest BCUT2D eigenvalue weighted by atomic mass is 16.5. The third kappa shape index (κ3) is 9.47. The van der Waals surface area contributed by atoms with E-state index in [9.17, 15) is 20.1 Å². The lowest BCUT2D eigenvalue weighted by molar-refractivity contribution is -0.134. The number of phenolic OH excluding ortho intramolecular Hbond substituents is 2. The second-order valence-corrected chi connectivity index (χ2v) is 18.5. The van der Waals surface area contributed by atoms with Crippen molar-refractivity contribution < 1.29 is 34.8 Å². The van der Waals surface area contributed by atoms with Gasteiger partial charge in [-0.05, 0) is 185 Å². The number of aromatic nitrogens is 1. The van der Waals surface area contributed by atoms with Crippen LogP contribution in [0.5, 0.6) is 17.2 Å². The van der Waals surface area contributed by atoms with Crippen LogP contribution in [0.15, 0.2) is 78.4 Å². The van der Waals surface area contributed by atoms with Gasteiger partial charge < -0.3 is 29.7 Å². The van der Waals surface area contributed by atoms with Gasteiger partial charge >= 0.3 is 0 Å². The van der Waals surface area contributed by atoms with Crippen LogP contribution in [-0.2, 0) is 16.1 Å². The first-order valence-electron chi connectivity index (χ1n) is 23.0. The molecule has 0 spiro atoms. The quantitative estimate of drug-likeness (QED) is 0.129. The van der Waals surface area contributed by atoms with Crippen molar-refractivity contribution in [3.8, 4) is 40.8 Å². The molecule has 3 aromatic carbocycles. The van der Waals surface area contributed by atoms with E-state index in [1.165, 1.54) is 62.8 Å². The van der Waals surface area contributed by atoms with E-state index in [0.717, 1.165) is 98.5 Å². The number of carboxylic acid groups (broad SMARTS) is 1. The van der Waals surface area contributed by atoms with E-state index in [2.05, 4.69) is 53.5 Å². The Morgan fingerprint density at radius 3 is 2.26 bits per heavy atom. The molecule has 330 valence electrons. The van der Waals surface area contributed by atoms with Crippen molar-refractivity contribution in [3.63, 3.8) is 0 Å². The first-order valence-corrected chi connectivity index (χ1v) is 23.0. The molecule has 0 radical (unpaired) electrons. The molecule has 0 unspecified atom stereocenters. The van der Waals surface area contributed by atoms with E-state index < -0.39 is 11.6 Å². The van der Waals surface area contributed by atoms with Gasteiger partial charge in [-0.3, -0.25) is 14.5 Å². The fourth-order valence-electron chi connectivity index (χ4n) is 12.2. The minimum atomic E-state index is -0.893. The zero-order valence-electron chi connectivity index (χ0n) is 37.0. The smallest absolute Gasteiger partial charge is 0.300 e. The Balaban J connectivity index is 0.000000184. The van der Waals surface area contributed by atoms with Crippen LogP contribution in [0.1, 0.15) is 108 Å². The van der Waals surface area contributed by atoms with Gasteiger partial charge in [-0.1, -0.05) is 43.4 Å². The van der Waals surface area contributed by atoms with Crippen LogP contribution in [0, 0.1) is 48.4 Å². The second-order valence-electron chi connectivity index (χ2n) is 18.5. The average Bonchev–Trinajstić information content (AvgIpc) is 3.55. The van der Waals surface area contributed by atoms with Gasteiger partial charge in [0.25, 0.3) is 5.97 Å². The molecule has 4 aliphatic carbocycles. The van der Waals surface area contributed by atoms with Crippen molar-refractivity contribution in [2.45, 2.75) is 116 Å². The summed E-state index contributed by atoms with van der Waals surface area (Å²) in [4.78, 5) is 23.3. The monoisotopic (exact) mass is 842 g/mol. The molecule has 1 saturated heterocycles. The minimum Gasteiger partial charge on any atom is -0.508 e. The predicted octanol–water partition coefficient (Wildman–Crippen LogP) is 10.3. The van der Waals surface area contributed by atoms with Crippen molar-refractivity contribution in [3.05, 3.63) is 89.5 Å². The van der Waals surface area contributed by atoms with E-state index in [0.29, 0.717) is 36.0 Å². The largest absolute Gasteiger partial charge is 0.508 e. The molecule has 62 heavy (non-hydrogen) atoms. The number of carboxylic acids is 1. The number of ether oxygens (including phenoxy) is 1. The number of carbonyl (C=O) groups is 2. The molecule has 6 atom stereocenters. The number of rotatable bonds is 8. The SMILES string of the molecule is C#C[C@]1(O)CC[C@H]2[C@@H]3CCC4=CC(=O)CC[C@@H]4[C@H]3CC[C@@]21CC.CC(=O)O.Cc1c(-c2ccc(O)cc2)n(Cc2ccc(OCCN3CCCCCC3)cc2)c2ccc(O)cc12. The van der Waals surface area contributed by atoms with Gasteiger partial charge in [-0.15, -0.1) is 6.42 Å². The van der Waals surface area contributed by atoms with Crippen LogP contribution >= 0.6 is 0 Å². The summed E-state index contributed by atoms with van der Waals surface area (Å²) in [7, 11) is 0. The lowest BCUT2D eigenvalue weighted by atomic mass is 9.49. The molecule has 0 amide bonds. The molecule has 4 fully saturated rings. The van der Waals surface area contributed by atoms with Crippen LogP contribution in [-0.4, -0.2) is 73.5 Å². The molecule has 9 nitrogen and oxygen atoms in total. The van der Waals surface area contributed by atoms with E-state index in [4.69, 9.17) is 21.1 Å². The van der Waals surface area contributed by atoms with E-state index in [1.54, 1.807) is 18.2 Å². The number of carbonyl (C=O) groups excluding carboxylic acids is 1. The van der Waals surface area contributed by atoms with Crippen molar-refractivity contribution in [2.24, 2.45) is 29.1 Å². The van der Waals surface area contributed by atoms with Gasteiger partial charge in [-0.25, -0.2) is 0 Å². The van der Waals surface area contributed by atoms with Gasteiger partial charge in [-0.2, -0.15) is 0 Å². The maximum atomic E-state index is 11.8. The van der Waals surface area contributed by atoms with Gasteiger partial charge in [0.1, 0.15) is 29.5 Å². The topological polar surface area (TPSA) is 132 Å². The number of likely N-dealkylation sites (tertiary alicyclic amines) is 1. The molecule has 5 aliphatic rings. The van der Waals surface area contributed by atoms with Crippen LogP contribution in [0.3, 0.4) is 0 Å². The Kier molecular flexibility index (Phi) is 14.2. The Bertz CT molecular complexity index is 2260. The summed E-state index contributed by atoms with van der Waals surface area (Å²) in [5.74, 6) is 6.31. The van der Waals surface area contributed by atoms with E-state index in [1.807, 2.05) is 30.3 Å². The Morgan fingerprint density at radius 1 is 0.887 bits per heavy atom. The highest BCUT2D eigenvalue weighted by molar-refractivity contribution is 5.93. The van der Waals surface area contributed by atoms with Crippen LogP contribution in [0.4, 0.5) is 0 Å². The number of terminal acetylenes is 1. The Morgan fingerprint density at radius 2 is 1.58 bits per heavy atom. The first-order chi connectivity index (χ1) is 29.9. The summed E-state index contributed by atoms with van der Waals surface area (Å²) in [6.07, 6.45) is 22.2. The maximum absolute atomic E-state index is 11.8. The normalized spacial score (nSPS) is 26.8. The fraction of sp³-hybridized carbons (Fsp3) is 0.509. The molecule has 0 bridgehead atoms. The molecule has 3 saturated carbocycles. The molecule has 2 heterocycles. The highest BCUT2D eigenvalue weighted by Crippen LogP contribution is 2.66. The molecule has 1 aliphatic heterocycles. The predicted molar refractivity (Wildman–Crippen MR) is 245 cm³/mol. The Labute approximate surface area is 367 Å². The van der Waals surface area contributed by atoms with Crippen molar-refractivity contribution >= 4 is 22.7 Å². The number of nitrogens with zero attached hydrogens (tertiary/aromatic N) is 2. The summed E-state index contributed by atoms with van der Waals surface area (Å²) in [6, 6.07) is 21.2. The van der Waals surface area contributed by atoms with Crippen molar-refractivity contribution in [1.82, 2.24) is 9.47 Å². The average molecular weight is 843 g/mol. The number of allylic oxidation sites excluding steroid dienone is 1. The lowest BCUT2D eigenvalue weighted by Gasteiger charge is -2.55. The zero-order chi connectivity index (χ0) is 44.0. The molecular weight excluding hydrogens is 777 g/mol. The number of ketones is 1. The summed E-state index contributed by atoms with van der Waals surface area (Å²) < 4.78 is 8.33.